The van der Waals surface area contributed by atoms with Gasteiger partial charge < -0.3 is 25.0 Å². The first-order valence-corrected chi connectivity index (χ1v) is 11.4. The summed E-state index contributed by atoms with van der Waals surface area (Å²) in [5.74, 6) is 1.77. The molecule has 0 spiro atoms. The molecule has 1 saturated heterocycles. The van der Waals surface area contributed by atoms with E-state index in [1.54, 1.807) is 7.11 Å². The zero-order valence-electron chi connectivity index (χ0n) is 19.7. The third-order valence-corrected chi connectivity index (χ3v) is 5.59. The van der Waals surface area contributed by atoms with E-state index in [-0.39, 0.29) is 30.0 Å². The fourth-order valence-corrected chi connectivity index (χ4v) is 3.72. The highest BCUT2D eigenvalue weighted by Gasteiger charge is 2.22. The van der Waals surface area contributed by atoms with Gasteiger partial charge in [-0.15, -0.1) is 24.0 Å². The first kappa shape index (κ1) is 27.9. The van der Waals surface area contributed by atoms with Gasteiger partial charge in [-0.05, 0) is 50.7 Å². The monoisotopic (exact) mass is 547 g/mol. The van der Waals surface area contributed by atoms with Crippen LogP contribution in [-0.2, 0) is 4.74 Å². The lowest BCUT2D eigenvalue weighted by atomic mass is 10.0. The molecule has 0 radical (unpaired) electrons. The van der Waals surface area contributed by atoms with E-state index < -0.39 is 0 Å². The Morgan fingerprint density at radius 2 is 1.81 bits per heavy atom. The van der Waals surface area contributed by atoms with E-state index in [9.17, 15) is 0 Å². The van der Waals surface area contributed by atoms with Crippen molar-refractivity contribution in [1.29, 1.82) is 0 Å². The Balaban J connectivity index is 0.00000480. The van der Waals surface area contributed by atoms with Gasteiger partial charge in [0.2, 0.25) is 0 Å². The van der Waals surface area contributed by atoms with Crippen LogP contribution < -0.4 is 15.4 Å². The summed E-state index contributed by atoms with van der Waals surface area (Å²) in [5.41, 5.74) is 1.26. The second-order valence-corrected chi connectivity index (χ2v) is 7.46. The molecule has 1 unspecified atom stereocenters. The number of ether oxygens (including phenoxy) is 2. The van der Waals surface area contributed by atoms with Crippen LogP contribution in [0.15, 0.2) is 29.3 Å². The quantitative estimate of drug-likeness (QED) is 0.182. The highest BCUT2D eigenvalue weighted by atomic mass is 127. The molecule has 178 valence electrons. The Labute approximate surface area is 206 Å². The number of nitrogens with zero attached hydrogens (tertiary/aromatic N) is 3. The molecule has 0 saturated carbocycles. The number of guanidine groups is 1. The SMILES string of the molecule is CCNC(=NCC(c1ccc(OC)cc1)N1CCOCC1)NCCCN(CC)CC.I. The lowest BCUT2D eigenvalue weighted by molar-refractivity contribution is 0.0179. The minimum Gasteiger partial charge on any atom is -0.497 e. The van der Waals surface area contributed by atoms with E-state index in [0.717, 1.165) is 77.2 Å². The molecule has 1 aromatic rings. The van der Waals surface area contributed by atoms with Crippen molar-refractivity contribution >= 4 is 29.9 Å². The lowest BCUT2D eigenvalue weighted by Crippen LogP contribution is -2.42. The van der Waals surface area contributed by atoms with Crippen molar-refractivity contribution in [3.8, 4) is 5.75 Å². The minimum absolute atomic E-state index is 0. The summed E-state index contributed by atoms with van der Waals surface area (Å²) in [7, 11) is 1.70. The summed E-state index contributed by atoms with van der Waals surface area (Å²) in [6.07, 6.45) is 1.11. The highest BCUT2D eigenvalue weighted by molar-refractivity contribution is 14.0. The molecule has 1 aromatic carbocycles. The summed E-state index contributed by atoms with van der Waals surface area (Å²) >= 11 is 0. The molecule has 7 nitrogen and oxygen atoms in total. The van der Waals surface area contributed by atoms with Gasteiger partial charge in [-0.2, -0.15) is 0 Å². The Morgan fingerprint density at radius 1 is 1.13 bits per heavy atom. The average Bonchev–Trinajstić information content (AvgIpc) is 2.80. The summed E-state index contributed by atoms with van der Waals surface area (Å²) < 4.78 is 10.9. The predicted octanol–water partition coefficient (Wildman–Crippen LogP) is 2.97. The molecule has 1 atom stereocenters. The Bertz CT molecular complexity index is 604. The number of halogens is 1. The van der Waals surface area contributed by atoms with Gasteiger partial charge in [0.25, 0.3) is 0 Å². The third-order valence-electron chi connectivity index (χ3n) is 5.59. The zero-order chi connectivity index (χ0) is 21.6. The second kappa shape index (κ2) is 16.5. The molecule has 0 aromatic heterocycles. The molecule has 2 rings (SSSR count). The van der Waals surface area contributed by atoms with Gasteiger partial charge in [0.05, 0.1) is 32.9 Å². The average molecular weight is 548 g/mol. The van der Waals surface area contributed by atoms with Crippen LogP contribution in [0.5, 0.6) is 5.75 Å². The van der Waals surface area contributed by atoms with Crippen LogP contribution in [0.25, 0.3) is 0 Å². The number of hydrogen-bond acceptors (Lipinski definition) is 5. The van der Waals surface area contributed by atoms with Gasteiger partial charge in [-0.3, -0.25) is 9.89 Å². The molecule has 0 aliphatic carbocycles. The van der Waals surface area contributed by atoms with E-state index in [1.807, 2.05) is 12.1 Å². The van der Waals surface area contributed by atoms with Crippen molar-refractivity contribution < 1.29 is 9.47 Å². The van der Waals surface area contributed by atoms with Crippen molar-refractivity contribution in [1.82, 2.24) is 20.4 Å². The van der Waals surface area contributed by atoms with Crippen LogP contribution in [0.4, 0.5) is 0 Å². The van der Waals surface area contributed by atoms with Crippen LogP contribution in [0.1, 0.15) is 38.8 Å². The fraction of sp³-hybridized carbons (Fsp3) is 0.696. The predicted molar refractivity (Wildman–Crippen MR) is 140 cm³/mol. The van der Waals surface area contributed by atoms with Crippen LogP contribution in [0.2, 0.25) is 0 Å². The number of benzene rings is 1. The van der Waals surface area contributed by atoms with Gasteiger partial charge in [0.15, 0.2) is 5.96 Å². The summed E-state index contributed by atoms with van der Waals surface area (Å²) in [6, 6.07) is 8.59. The molecular formula is C23H42IN5O2. The third kappa shape index (κ3) is 9.93. The molecule has 1 aliphatic rings. The summed E-state index contributed by atoms with van der Waals surface area (Å²) in [5, 5.41) is 6.89. The molecule has 1 aliphatic heterocycles. The van der Waals surface area contributed by atoms with E-state index in [4.69, 9.17) is 14.5 Å². The molecule has 0 bridgehead atoms. The molecule has 31 heavy (non-hydrogen) atoms. The molecule has 1 fully saturated rings. The number of methoxy groups -OCH3 is 1. The highest BCUT2D eigenvalue weighted by Crippen LogP contribution is 2.24. The van der Waals surface area contributed by atoms with Gasteiger partial charge in [-0.1, -0.05) is 26.0 Å². The largest absolute Gasteiger partial charge is 0.497 e. The van der Waals surface area contributed by atoms with Gasteiger partial charge >= 0.3 is 0 Å². The molecule has 2 N–H and O–H groups in total. The van der Waals surface area contributed by atoms with Crippen LogP contribution in [-0.4, -0.2) is 88.4 Å². The summed E-state index contributed by atoms with van der Waals surface area (Å²) in [4.78, 5) is 9.85. The van der Waals surface area contributed by atoms with Crippen LogP contribution in [0, 0.1) is 0 Å². The number of aliphatic imine (C=N–C) groups is 1. The first-order valence-electron chi connectivity index (χ1n) is 11.4. The molecule has 1 heterocycles. The van der Waals surface area contributed by atoms with E-state index in [0.29, 0.717) is 6.54 Å². The van der Waals surface area contributed by atoms with Crippen LogP contribution in [0.3, 0.4) is 0 Å². The first-order chi connectivity index (χ1) is 14.7. The Morgan fingerprint density at radius 3 is 2.39 bits per heavy atom. The number of hydrogen-bond donors (Lipinski definition) is 2. The molecule has 8 heteroatoms. The second-order valence-electron chi connectivity index (χ2n) is 7.46. The van der Waals surface area contributed by atoms with Crippen molar-refractivity contribution in [2.75, 3.05) is 72.7 Å². The van der Waals surface area contributed by atoms with Crippen molar-refractivity contribution in [3.05, 3.63) is 29.8 Å². The van der Waals surface area contributed by atoms with Crippen molar-refractivity contribution in [3.63, 3.8) is 0 Å². The molecular weight excluding hydrogens is 505 g/mol. The van der Waals surface area contributed by atoms with Gasteiger partial charge in [0.1, 0.15) is 5.75 Å². The Hall–Kier alpha value is -1.10. The smallest absolute Gasteiger partial charge is 0.191 e. The minimum atomic E-state index is 0. The number of morpholine rings is 1. The number of rotatable bonds is 12. The maximum atomic E-state index is 5.56. The normalized spacial score (nSPS) is 16.0. The lowest BCUT2D eigenvalue weighted by Gasteiger charge is -2.34. The fourth-order valence-electron chi connectivity index (χ4n) is 3.72. The van der Waals surface area contributed by atoms with Crippen molar-refractivity contribution in [2.24, 2.45) is 4.99 Å². The van der Waals surface area contributed by atoms with Gasteiger partial charge in [-0.25, -0.2) is 0 Å². The zero-order valence-corrected chi connectivity index (χ0v) is 22.1. The maximum Gasteiger partial charge on any atom is 0.191 e. The number of nitrogens with one attached hydrogen (secondary N) is 2. The standard InChI is InChI=1S/C23H41N5O2.HI/c1-5-24-23(25-13-8-14-27(6-2)7-3)26-19-22(28-15-17-30-18-16-28)20-9-11-21(29-4)12-10-20;/h9-12,22H,5-8,13-19H2,1-4H3,(H2,24,25,26);1H. The van der Waals surface area contributed by atoms with E-state index >= 15 is 0 Å². The summed E-state index contributed by atoms with van der Waals surface area (Å²) in [6.45, 7) is 15.8. The Kier molecular flexibility index (Phi) is 14.9. The topological polar surface area (TPSA) is 61.4 Å². The van der Waals surface area contributed by atoms with Crippen LogP contribution >= 0.6 is 24.0 Å². The van der Waals surface area contributed by atoms with Gasteiger partial charge in [0, 0.05) is 26.2 Å². The molecule has 0 amide bonds. The maximum absolute atomic E-state index is 5.56. The van der Waals surface area contributed by atoms with E-state index in [2.05, 4.69) is 53.3 Å². The van der Waals surface area contributed by atoms with Crippen molar-refractivity contribution in [2.45, 2.75) is 33.2 Å². The van der Waals surface area contributed by atoms with E-state index in [1.165, 1.54) is 5.56 Å².